The number of halogens is 3. The third kappa shape index (κ3) is 2.44. The molecule has 0 bridgehead atoms. The van der Waals surface area contributed by atoms with E-state index >= 15 is 0 Å². The molecule has 1 aromatic rings. The zero-order chi connectivity index (χ0) is 10.6. The van der Waals surface area contributed by atoms with E-state index in [0.717, 1.165) is 10.9 Å². The molecule has 3 heteroatoms. The van der Waals surface area contributed by atoms with Crippen LogP contribution in [-0.4, -0.2) is 11.8 Å². The summed E-state index contributed by atoms with van der Waals surface area (Å²) < 4.78 is 1.07. The number of alkyl halides is 2. The summed E-state index contributed by atoms with van der Waals surface area (Å²) in [4.78, 5) is 0. The maximum absolute atomic E-state index is 6.01. The normalized spacial score (nSPS) is 11.7. The van der Waals surface area contributed by atoms with E-state index in [9.17, 15) is 0 Å². The van der Waals surface area contributed by atoms with Gasteiger partial charge < -0.3 is 0 Å². The Morgan fingerprint density at radius 3 is 2.36 bits per heavy atom. The Kier molecular flexibility index (Phi) is 4.75. The molecule has 0 saturated heterocycles. The Morgan fingerprint density at radius 2 is 1.93 bits per heavy atom. The molecule has 0 N–H and O–H groups in total. The van der Waals surface area contributed by atoms with Crippen molar-refractivity contribution in [3.63, 3.8) is 0 Å². The summed E-state index contributed by atoms with van der Waals surface area (Å²) in [6.45, 7) is 2.12. The van der Waals surface area contributed by atoms with Crippen LogP contribution in [0.5, 0.6) is 0 Å². The Morgan fingerprint density at radius 1 is 1.29 bits per heavy atom. The molecule has 0 atom stereocenters. The lowest BCUT2D eigenvalue weighted by molar-refractivity contribution is 0.519. The first kappa shape index (κ1) is 12.4. The predicted molar refractivity (Wildman–Crippen MR) is 67.6 cm³/mol. The van der Waals surface area contributed by atoms with Gasteiger partial charge in [-0.1, -0.05) is 35.0 Å². The van der Waals surface area contributed by atoms with E-state index in [1.807, 2.05) is 12.1 Å². The molecule has 0 nitrogen and oxygen atoms in total. The molecule has 14 heavy (non-hydrogen) atoms. The van der Waals surface area contributed by atoms with E-state index in [0.29, 0.717) is 11.8 Å². The number of hydrogen-bond acceptors (Lipinski definition) is 0. The fourth-order valence-corrected chi connectivity index (χ4v) is 2.77. The Labute approximate surface area is 104 Å². The standard InChI is InChI=1S/C11H13BrCl2/c1-2-11(7-13,8-14)9-4-3-5-10(12)6-9/h3-6H,2,7-8H2,1H3. The van der Waals surface area contributed by atoms with Gasteiger partial charge in [-0.3, -0.25) is 0 Å². The summed E-state index contributed by atoms with van der Waals surface area (Å²) >= 11 is 15.5. The molecular weight excluding hydrogens is 283 g/mol. The minimum atomic E-state index is -0.0904. The van der Waals surface area contributed by atoms with Crippen molar-refractivity contribution in [2.45, 2.75) is 18.8 Å². The quantitative estimate of drug-likeness (QED) is 0.714. The Balaban J connectivity index is 3.10. The smallest absolute Gasteiger partial charge is 0.0331 e. The van der Waals surface area contributed by atoms with Crippen molar-refractivity contribution in [3.8, 4) is 0 Å². The van der Waals surface area contributed by atoms with E-state index < -0.39 is 0 Å². The highest BCUT2D eigenvalue weighted by molar-refractivity contribution is 9.10. The Bertz CT molecular complexity index is 287. The van der Waals surface area contributed by atoms with Gasteiger partial charge in [0.05, 0.1) is 0 Å². The van der Waals surface area contributed by atoms with E-state index in [1.165, 1.54) is 5.56 Å². The first-order chi connectivity index (χ1) is 6.68. The molecule has 78 valence electrons. The maximum Gasteiger partial charge on any atom is 0.0331 e. The van der Waals surface area contributed by atoms with Gasteiger partial charge in [-0.05, 0) is 24.1 Å². The molecule has 0 amide bonds. The molecule has 0 spiro atoms. The van der Waals surface area contributed by atoms with Crippen LogP contribution in [0.1, 0.15) is 18.9 Å². The van der Waals surface area contributed by atoms with E-state index in [4.69, 9.17) is 23.2 Å². The van der Waals surface area contributed by atoms with E-state index in [2.05, 4.69) is 35.0 Å². The van der Waals surface area contributed by atoms with Crippen LogP contribution in [0, 0.1) is 0 Å². The lowest BCUT2D eigenvalue weighted by Crippen LogP contribution is -2.29. The molecular formula is C11H13BrCl2. The molecule has 0 radical (unpaired) electrons. The fraction of sp³-hybridized carbons (Fsp3) is 0.455. The first-order valence-corrected chi connectivity index (χ1v) is 6.42. The second-order valence-electron chi connectivity index (χ2n) is 3.41. The molecule has 0 aliphatic rings. The van der Waals surface area contributed by atoms with Crippen molar-refractivity contribution in [1.82, 2.24) is 0 Å². The largest absolute Gasteiger partial charge is 0.126 e. The second-order valence-corrected chi connectivity index (χ2v) is 4.86. The summed E-state index contributed by atoms with van der Waals surface area (Å²) in [5.74, 6) is 1.12. The van der Waals surface area contributed by atoms with E-state index in [1.54, 1.807) is 0 Å². The molecule has 0 heterocycles. The lowest BCUT2D eigenvalue weighted by Gasteiger charge is -2.28. The zero-order valence-corrected chi connectivity index (χ0v) is 11.2. The number of rotatable bonds is 4. The highest BCUT2D eigenvalue weighted by atomic mass is 79.9. The van der Waals surface area contributed by atoms with Crippen molar-refractivity contribution >= 4 is 39.1 Å². The SMILES string of the molecule is CCC(CCl)(CCl)c1cccc(Br)c1. The van der Waals surface area contributed by atoms with Gasteiger partial charge in [0.15, 0.2) is 0 Å². The van der Waals surface area contributed by atoms with Crippen LogP contribution in [0.3, 0.4) is 0 Å². The van der Waals surface area contributed by atoms with Crippen molar-refractivity contribution in [3.05, 3.63) is 34.3 Å². The van der Waals surface area contributed by atoms with Gasteiger partial charge in [0.1, 0.15) is 0 Å². The predicted octanol–water partition coefficient (Wildman–Crippen LogP) is 4.57. The lowest BCUT2D eigenvalue weighted by atomic mass is 9.82. The van der Waals surface area contributed by atoms with Gasteiger partial charge in [0.25, 0.3) is 0 Å². The minimum absolute atomic E-state index is 0.0904. The monoisotopic (exact) mass is 294 g/mol. The average Bonchev–Trinajstić information content (AvgIpc) is 2.22. The molecule has 1 aromatic carbocycles. The Hall–Kier alpha value is 0.280. The zero-order valence-electron chi connectivity index (χ0n) is 8.06. The van der Waals surface area contributed by atoms with Crippen molar-refractivity contribution in [1.29, 1.82) is 0 Å². The van der Waals surface area contributed by atoms with Crippen LogP contribution in [0.25, 0.3) is 0 Å². The summed E-state index contributed by atoms with van der Waals surface area (Å²) in [7, 11) is 0. The highest BCUT2D eigenvalue weighted by Gasteiger charge is 2.28. The maximum atomic E-state index is 6.01. The number of hydrogen-bond donors (Lipinski definition) is 0. The van der Waals surface area contributed by atoms with Crippen LogP contribution < -0.4 is 0 Å². The van der Waals surface area contributed by atoms with Crippen molar-refractivity contribution < 1.29 is 0 Å². The summed E-state index contributed by atoms with van der Waals surface area (Å²) in [5.41, 5.74) is 1.12. The van der Waals surface area contributed by atoms with Gasteiger partial charge in [-0.15, -0.1) is 23.2 Å². The highest BCUT2D eigenvalue weighted by Crippen LogP contribution is 2.32. The first-order valence-electron chi connectivity index (χ1n) is 4.56. The third-order valence-electron chi connectivity index (χ3n) is 2.63. The van der Waals surface area contributed by atoms with Crippen LogP contribution in [0.15, 0.2) is 28.7 Å². The molecule has 0 fully saturated rings. The molecule has 0 aliphatic heterocycles. The van der Waals surface area contributed by atoms with Crippen LogP contribution >= 0.6 is 39.1 Å². The van der Waals surface area contributed by atoms with Crippen molar-refractivity contribution in [2.24, 2.45) is 0 Å². The fourth-order valence-electron chi connectivity index (χ4n) is 1.40. The second kappa shape index (κ2) is 5.39. The number of benzene rings is 1. The minimum Gasteiger partial charge on any atom is -0.126 e. The third-order valence-corrected chi connectivity index (χ3v) is 4.14. The molecule has 1 rings (SSSR count). The molecule has 0 saturated carbocycles. The van der Waals surface area contributed by atoms with Crippen LogP contribution in [0.4, 0.5) is 0 Å². The van der Waals surface area contributed by atoms with Crippen LogP contribution in [-0.2, 0) is 5.41 Å². The topological polar surface area (TPSA) is 0 Å². The average molecular weight is 296 g/mol. The molecule has 0 unspecified atom stereocenters. The summed E-state index contributed by atoms with van der Waals surface area (Å²) in [6.07, 6.45) is 0.955. The molecule has 0 aliphatic carbocycles. The van der Waals surface area contributed by atoms with Gasteiger partial charge in [0, 0.05) is 21.6 Å². The van der Waals surface area contributed by atoms with Gasteiger partial charge in [-0.25, -0.2) is 0 Å². The van der Waals surface area contributed by atoms with E-state index in [-0.39, 0.29) is 5.41 Å². The van der Waals surface area contributed by atoms with Crippen LogP contribution in [0.2, 0.25) is 0 Å². The molecule has 0 aromatic heterocycles. The van der Waals surface area contributed by atoms with Crippen molar-refractivity contribution in [2.75, 3.05) is 11.8 Å². The summed E-state index contributed by atoms with van der Waals surface area (Å²) in [5, 5.41) is 0. The van der Waals surface area contributed by atoms with Gasteiger partial charge in [-0.2, -0.15) is 0 Å². The van der Waals surface area contributed by atoms with Gasteiger partial charge in [0.2, 0.25) is 0 Å². The van der Waals surface area contributed by atoms with Gasteiger partial charge >= 0.3 is 0 Å². The summed E-state index contributed by atoms with van der Waals surface area (Å²) in [6, 6.07) is 8.20.